The van der Waals surface area contributed by atoms with Crippen molar-refractivity contribution in [2.24, 2.45) is 10.9 Å². The van der Waals surface area contributed by atoms with Crippen LogP contribution in [0.3, 0.4) is 0 Å². The van der Waals surface area contributed by atoms with Crippen molar-refractivity contribution in [2.75, 3.05) is 46.9 Å². The van der Waals surface area contributed by atoms with Gasteiger partial charge < -0.3 is 25.3 Å². The number of para-hydroxylation sites is 1. The molecule has 1 saturated heterocycles. The number of hydrogen-bond donors (Lipinski definition) is 3. The van der Waals surface area contributed by atoms with Crippen LogP contribution in [0.5, 0.6) is 0 Å². The number of aliphatic imine (C=N–C) groups is 1. The Balaban J connectivity index is 1.56. The van der Waals surface area contributed by atoms with Gasteiger partial charge in [-0.2, -0.15) is 0 Å². The minimum absolute atomic E-state index is 0.0167. The highest BCUT2D eigenvalue weighted by Gasteiger charge is 2.16. The molecule has 1 unspecified atom stereocenters. The zero-order valence-corrected chi connectivity index (χ0v) is 16.1. The summed E-state index contributed by atoms with van der Waals surface area (Å²) in [5, 5.41) is 7.95. The summed E-state index contributed by atoms with van der Waals surface area (Å²) < 4.78 is 5.43. The topological polar surface area (TPSA) is 81.8 Å². The van der Waals surface area contributed by atoms with Gasteiger partial charge in [-0.25, -0.2) is 4.99 Å². The van der Waals surface area contributed by atoms with Gasteiger partial charge in [-0.1, -0.05) is 18.2 Å². The standard InChI is InChI=1S/C20H29N5O2/c1-25(2)19(26)13-24-20(23-11-15-8-10-27-14-15)21-9-7-16-12-22-18-6-4-3-5-17(16)18/h3-6,12,15,22H,7-11,13-14H2,1-2H3,(H2,21,23,24). The lowest BCUT2D eigenvalue weighted by molar-refractivity contribution is -0.127. The molecule has 2 aromatic rings. The van der Waals surface area contributed by atoms with Gasteiger partial charge in [0.05, 0.1) is 6.61 Å². The number of amides is 1. The van der Waals surface area contributed by atoms with E-state index in [1.54, 1.807) is 19.0 Å². The molecule has 7 nitrogen and oxygen atoms in total. The number of H-pyrrole nitrogens is 1. The van der Waals surface area contributed by atoms with Crippen LogP contribution < -0.4 is 10.6 Å². The second-order valence-electron chi connectivity index (χ2n) is 7.10. The molecule has 27 heavy (non-hydrogen) atoms. The van der Waals surface area contributed by atoms with Gasteiger partial charge in [0.15, 0.2) is 5.96 Å². The van der Waals surface area contributed by atoms with Gasteiger partial charge in [-0.05, 0) is 24.5 Å². The molecule has 3 N–H and O–H groups in total. The first-order chi connectivity index (χ1) is 13.1. The molecule has 1 aromatic carbocycles. The van der Waals surface area contributed by atoms with Crippen LogP contribution in [0.4, 0.5) is 0 Å². The van der Waals surface area contributed by atoms with Crippen molar-refractivity contribution >= 4 is 22.8 Å². The molecule has 1 aliphatic rings. The van der Waals surface area contributed by atoms with Gasteiger partial charge >= 0.3 is 0 Å². The SMILES string of the molecule is CN(C)C(=O)CN=C(NCCc1c[nH]c2ccccc12)NCC1CCOC1. The summed E-state index contributed by atoms with van der Waals surface area (Å²) in [6, 6.07) is 8.30. The fourth-order valence-electron chi connectivity index (χ4n) is 3.10. The molecular weight excluding hydrogens is 342 g/mol. The number of likely N-dealkylation sites (N-methyl/N-ethyl adjacent to an activating group) is 1. The van der Waals surface area contributed by atoms with Crippen molar-refractivity contribution < 1.29 is 9.53 Å². The number of rotatable bonds is 7. The van der Waals surface area contributed by atoms with E-state index in [9.17, 15) is 4.79 Å². The molecule has 2 heterocycles. The Hall–Kier alpha value is -2.54. The molecule has 7 heteroatoms. The van der Waals surface area contributed by atoms with Gasteiger partial charge in [0.2, 0.25) is 5.91 Å². The molecule has 1 aliphatic heterocycles. The molecule has 0 spiro atoms. The quantitative estimate of drug-likeness (QED) is 0.507. The van der Waals surface area contributed by atoms with Gasteiger partial charge in [0.25, 0.3) is 0 Å². The van der Waals surface area contributed by atoms with Crippen molar-refractivity contribution in [3.63, 3.8) is 0 Å². The lowest BCUT2D eigenvalue weighted by atomic mass is 10.1. The van der Waals surface area contributed by atoms with Gasteiger partial charge in [-0.3, -0.25) is 4.79 Å². The fraction of sp³-hybridized carbons (Fsp3) is 0.500. The summed E-state index contributed by atoms with van der Waals surface area (Å²) in [5.41, 5.74) is 2.42. The number of hydrogen-bond acceptors (Lipinski definition) is 3. The molecular formula is C20H29N5O2. The third kappa shape index (κ3) is 5.47. The van der Waals surface area contributed by atoms with Gasteiger partial charge in [-0.15, -0.1) is 0 Å². The molecule has 3 rings (SSSR count). The van der Waals surface area contributed by atoms with Gasteiger partial charge in [0, 0.05) is 56.8 Å². The maximum atomic E-state index is 11.9. The summed E-state index contributed by atoms with van der Waals surface area (Å²) in [7, 11) is 3.48. The first-order valence-corrected chi connectivity index (χ1v) is 9.48. The van der Waals surface area contributed by atoms with E-state index in [2.05, 4.69) is 45.0 Å². The van der Waals surface area contributed by atoms with Crippen molar-refractivity contribution in [3.8, 4) is 0 Å². The van der Waals surface area contributed by atoms with Crippen LogP contribution in [0.2, 0.25) is 0 Å². The minimum atomic E-state index is -0.0167. The number of benzene rings is 1. The third-order valence-electron chi connectivity index (χ3n) is 4.82. The Labute approximate surface area is 160 Å². The molecule has 1 atom stereocenters. The van der Waals surface area contributed by atoms with E-state index in [-0.39, 0.29) is 12.5 Å². The normalized spacial score (nSPS) is 17.3. The van der Waals surface area contributed by atoms with Crippen LogP contribution >= 0.6 is 0 Å². The maximum absolute atomic E-state index is 11.9. The maximum Gasteiger partial charge on any atom is 0.243 e. The highest BCUT2D eigenvalue weighted by molar-refractivity contribution is 5.85. The lowest BCUT2D eigenvalue weighted by Gasteiger charge is -2.15. The monoisotopic (exact) mass is 371 g/mol. The Morgan fingerprint density at radius 2 is 2.19 bits per heavy atom. The average molecular weight is 371 g/mol. The zero-order chi connectivity index (χ0) is 19.1. The summed E-state index contributed by atoms with van der Waals surface area (Å²) in [4.78, 5) is 21.2. The Bertz CT molecular complexity index is 778. The molecule has 1 aromatic heterocycles. The summed E-state index contributed by atoms with van der Waals surface area (Å²) in [5.74, 6) is 1.16. The Morgan fingerprint density at radius 3 is 2.96 bits per heavy atom. The first kappa shape index (κ1) is 19.2. The molecule has 1 amide bonds. The number of nitrogens with one attached hydrogen (secondary N) is 3. The zero-order valence-electron chi connectivity index (χ0n) is 16.1. The number of nitrogens with zero attached hydrogens (tertiary/aromatic N) is 2. The van der Waals surface area contributed by atoms with E-state index in [0.717, 1.165) is 44.7 Å². The predicted molar refractivity (Wildman–Crippen MR) is 108 cm³/mol. The smallest absolute Gasteiger partial charge is 0.243 e. The summed E-state index contributed by atoms with van der Waals surface area (Å²) in [6.07, 6.45) is 3.99. The van der Waals surface area contributed by atoms with E-state index in [0.29, 0.717) is 11.9 Å². The number of fused-ring (bicyclic) bond motifs is 1. The molecule has 1 fully saturated rings. The van der Waals surface area contributed by atoms with E-state index in [1.165, 1.54) is 10.9 Å². The third-order valence-corrected chi connectivity index (χ3v) is 4.82. The fourth-order valence-corrected chi connectivity index (χ4v) is 3.10. The lowest BCUT2D eigenvalue weighted by Crippen LogP contribution is -2.41. The van der Waals surface area contributed by atoms with E-state index < -0.39 is 0 Å². The van der Waals surface area contributed by atoms with Gasteiger partial charge in [0.1, 0.15) is 6.54 Å². The number of ether oxygens (including phenoxy) is 1. The molecule has 0 bridgehead atoms. The van der Waals surface area contributed by atoms with Crippen LogP contribution in [-0.2, 0) is 16.0 Å². The number of carbonyl (C=O) groups excluding carboxylic acids is 1. The van der Waals surface area contributed by atoms with E-state index in [4.69, 9.17) is 4.74 Å². The first-order valence-electron chi connectivity index (χ1n) is 9.48. The number of guanidine groups is 1. The Morgan fingerprint density at radius 1 is 1.33 bits per heavy atom. The molecule has 0 radical (unpaired) electrons. The predicted octanol–water partition coefficient (Wildman–Crippen LogP) is 1.37. The number of carbonyl (C=O) groups is 1. The summed E-state index contributed by atoms with van der Waals surface area (Å²) in [6.45, 7) is 3.29. The average Bonchev–Trinajstić information content (AvgIpc) is 3.33. The van der Waals surface area contributed by atoms with Crippen molar-refractivity contribution in [3.05, 3.63) is 36.0 Å². The number of aromatic nitrogens is 1. The van der Waals surface area contributed by atoms with E-state index in [1.807, 2.05) is 6.07 Å². The highest BCUT2D eigenvalue weighted by Crippen LogP contribution is 2.17. The van der Waals surface area contributed by atoms with Crippen molar-refractivity contribution in [2.45, 2.75) is 12.8 Å². The second-order valence-corrected chi connectivity index (χ2v) is 7.10. The van der Waals surface area contributed by atoms with Crippen LogP contribution in [0.25, 0.3) is 10.9 Å². The number of aromatic amines is 1. The minimum Gasteiger partial charge on any atom is -0.381 e. The summed E-state index contributed by atoms with van der Waals surface area (Å²) >= 11 is 0. The second kappa shape index (κ2) is 9.41. The van der Waals surface area contributed by atoms with Crippen molar-refractivity contribution in [1.29, 1.82) is 0 Å². The molecule has 0 saturated carbocycles. The molecule has 0 aliphatic carbocycles. The van der Waals surface area contributed by atoms with E-state index >= 15 is 0 Å². The van der Waals surface area contributed by atoms with Crippen LogP contribution in [-0.4, -0.2) is 68.7 Å². The molecule has 146 valence electrons. The largest absolute Gasteiger partial charge is 0.381 e. The highest BCUT2D eigenvalue weighted by atomic mass is 16.5. The van der Waals surface area contributed by atoms with Crippen LogP contribution in [0, 0.1) is 5.92 Å². The Kier molecular flexibility index (Phi) is 6.70. The van der Waals surface area contributed by atoms with Crippen LogP contribution in [0.1, 0.15) is 12.0 Å². The van der Waals surface area contributed by atoms with Crippen molar-refractivity contribution in [1.82, 2.24) is 20.5 Å². The van der Waals surface area contributed by atoms with Crippen LogP contribution in [0.15, 0.2) is 35.5 Å².